The number of rotatable bonds is 3. The lowest BCUT2D eigenvalue weighted by Crippen LogP contribution is -2.29. The molecule has 0 aliphatic carbocycles. The van der Waals surface area contributed by atoms with Crippen molar-refractivity contribution in [3.05, 3.63) is 53.6 Å². The van der Waals surface area contributed by atoms with Gasteiger partial charge in [0.1, 0.15) is 5.75 Å². The highest BCUT2D eigenvalue weighted by Gasteiger charge is 2.16. The average molecular weight is 298 g/mol. The average Bonchev–Trinajstić information content (AvgIpc) is 2.49. The van der Waals surface area contributed by atoms with Crippen LogP contribution in [0.5, 0.6) is 5.75 Å². The molecule has 0 saturated carbocycles. The van der Waals surface area contributed by atoms with Gasteiger partial charge >= 0.3 is 11.8 Å². The van der Waals surface area contributed by atoms with Gasteiger partial charge < -0.3 is 15.7 Å². The van der Waals surface area contributed by atoms with Crippen LogP contribution in [-0.4, -0.2) is 16.9 Å². The van der Waals surface area contributed by atoms with E-state index in [4.69, 9.17) is 0 Å². The molecule has 2 aromatic rings. The highest BCUT2D eigenvalue weighted by Crippen LogP contribution is 2.21. The van der Waals surface area contributed by atoms with E-state index in [1.165, 1.54) is 12.1 Å². The summed E-state index contributed by atoms with van der Waals surface area (Å²) in [6.45, 7) is 3.86. The van der Waals surface area contributed by atoms with Gasteiger partial charge in [0.05, 0.1) is 0 Å². The third-order valence-electron chi connectivity index (χ3n) is 3.29. The van der Waals surface area contributed by atoms with Crippen LogP contribution in [0.4, 0.5) is 11.4 Å². The smallest absolute Gasteiger partial charge is 0.314 e. The summed E-state index contributed by atoms with van der Waals surface area (Å²) < 4.78 is 0. The molecule has 3 N–H and O–H groups in total. The van der Waals surface area contributed by atoms with Gasteiger partial charge in [0.15, 0.2) is 0 Å². The number of amides is 2. The number of carbonyl (C=O) groups is 2. The monoisotopic (exact) mass is 298 g/mol. The van der Waals surface area contributed by atoms with Gasteiger partial charge in [-0.05, 0) is 36.6 Å². The lowest BCUT2D eigenvalue weighted by atomic mass is 10.1. The zero-order valence-corrected chi connectivity index (χ0v) is 12.5. The molecule has 0 aliphatic heterocycles. The van der Waals surface area contributed by atoms with Crippen LogP contribution in [-0.2, 0) is 16.0 Å². The second-order valence-electron chi connectivity index (χ2n) is 4.92. The molecule has 0 saturated heterocycles. The standard InChI is InChI=1S/C17H18N2O3/c1-3-12-7-4-6-11(2)15(12)19-17(22)16(21)18-13-8-5-9-14(20)10-13/h4-10,20H,3H2,1-2H3,(H,18,21)(H,19,22). The van der Waals surface area contributed by atoms with Gasteiger partial charge in [-0.25, -0.2) is 0 Å². The van der Waals surface area contributed by atoms with Crippen molar-refractivity contribution in [2.45, 2.75) is 20.3 Å². The Morgan fingerprint density at radius 3 is 2.41 bits per heavy atom. The molecule has 0 heterocycles. The summed E-state index contributed by atoms with van der Waals surface area (Å²) in [7, 11) is 0. The van der Waals surface area contributed by atoms with Crippen LogP contribution in [0.2, 0.25) is 0 Å². The van der Waals surface area contributed by atoms with Gasteiger partial charge in [0, 0.05) is 17.4 Å². The van der Waals surface area contributed by atoms with Crippen molar-refractivity contribution >= 4 is 23.2 Å². The van der Waals surface area contributed by atoms with E-state index in [2.05, 4.69) is 10.6 Å². The molecule has 114 valence electrons. The number of carbonyl (C=O) groups excluding carboxylic acids is 2. The maximum atomic E-state index is 12.0. The molecule has 0 radical (unpaired) electrons. The second-order valence-corrected chi connectivity index (χ2v) is 4.92. The topological polar surface area (TPSA) is 78.4 Å². The summed E-state index contributed by atoms with van der Waals surface area (Å²) in [5, 5.41) is 14.5. The first-order chi connectivity index (χ1) is 10.5. The number of para-hydroxylation sites is 1. The molecule has 5 nitrogen and oxygen atoms in total. The first-order valence-electron chi connectivity index (χ1n) is 7.01. The number of aryl methyl sites for hydroxylation is 2. The number of aromatic hydroxyl groups is 1. The summed E-state index contributed by atoms with van der Waals surface area (Å²) in [5.41, 5.74) is 2.90. The van der Waals surface area contributed by atoms with Crippen LogP contribution in [0.15, 0.2) is 42.5 Å². The van der Waals surface area contributed by atoms with Crippen molar-refractivity contribution in [3.8, 4) is 5.75 Å². The molecule has 0 unspecified atom stereocenters. The van der Waals surface area contributed by atoms with Crippen LogP contribution in [0.25, 0.3) is 0 Å². The van der Waals surface area contributed by atoms with E-state index < -0.39 is 11.8 Å². The van der Waals surface area contributed by atoms with E-state index in [1.807, 2.05) is 32.0 Å². The molecular weight excluding hydrogens is 280 g/mol. The summed E-state index contributed by atoms with van der Waals surface area (Å²) in [5.74, 6) is -1.51. The zero-order chi connectivity index (χ0) is 16.1. The van der Waals surface area contributed by atoms with E-state index in [9.17, 15) is 14.7 Å². The number of anilines is 2. The Balaban J connectivity index is 2.11. The van der Waals surface area contributed by atoms with Gasteiger partial charge in [0.2, 0.25) is 0 Å². The molecule has 0 spiro atoms. The quantitative estimate of drug-likeness (QED) is 0.762. The Labute approximate surface area is 129 Å². The van der Waals surface area contributed by atoms with Crippen LogP contribution in [0.3, 0.4) is 0 Å². The summed E-state index contributed by atoms with van der Waals surface area (Å²) in [6.07, 6.45) is 0.755. The number of nitrogens with one attached hydrogen (secondary N) is 2. The highest BCUT2D eigenvalue weighted by atomic mass is 16.3. The first-order valence-corrected chi connectivity index (χ1v) is 7.01. The normalized spacial score (nSPS) is 10.1. The van der Waals surface area contributed by atoms with E-state index in [-0.39, 0.29) is 5.75 Å². The molecule has 0 aliphatic rings. The van der Waals surface area contributed by atoms with Gasteiger partial charge in [-0.2, -0.15) is 0 Å². The largest absolute Gasteiger partial charge is 0.508 e. The lowest BCUT2D eigenvalue weighted by molar-refractivity contribution is -0.133. The summed E-state index contributed by atoms with van der Waals surface area (Å²) in [6, 6.07) is 11.7. The molecule has 0 atom stereocenters. The fourth-order valence-corrected chi connectivity index (χ4v) is 2.14. The molecular formula is C17H18N2O3. The predicted octanol–water partition coefficient (Wildman–Crippen LogP) is 2.84. The fourth-order valence-electron chi connectivity index (χ4n) is 2.14. The number of hydrogen-bond donors (Lipinski definition) is 3. The Morgan fingerprint density at radius 2 is 1.73 bits per heavy atom. The summed E-state index contributed by atoms with van der Waals surface area (Å²) in [4.78, 5) is 24.0. The molecule has 0 bridgehead atoms. The SMILES string of the molecule is CCc1cccc(C)c1NC(=O)C(=O)Nc1cccc(O)c1. The van der Waals surface area contributed by atoms with Crippen molar-refractivity contribution in [1.82, 2.24) is 0 Å². The van der Waals surface area contributed by atoms with E-state index >= 15 is 0 Å². The van der Waals surface area contributed by atoms with E-state index in [1.54, 1.807) is 12.1 Å². The van der Waals surface area contributed by atoms with Gasteiger partial charge in [-0.3, -0.25) is 9.59 Å². The minimum absolute atomic E-state index is 0.0189. The van der Waals surface area contributed by atoms with E-state index in [0.29, 0.717) is 11.4 Å². The van der Waals surface area contributed by atoms with E-state index in [0.717, 1.165) is 17.5 Å². The van der Waals surface area contributed by atoms with Crippen molar-refractivity contribution in [3.63, 3.8) is 0 Å². The van der Waals surface area contributed by atoms with Crippen LogP contribution in [0.1, 0.15) is 18.1 Å². The third kappa shape index (κ3) is 3.63. The van der Waals surface area contributed by atoms with Crippen LogP contribution in [0, 0.1) is 6.92 Å². The summed E-state index contributed by atoms with van der Waals surface area (Å²) >= 11 is 0. The Hall–Kier alpha value is -2.82. The predicted molar refractivity (Wildman–Crippen MR) is 85.9 cm³/mol. The Morgan fingerprint density at radius 1 is 1.05 bits per heavy atom. The maximum absolute atomic E-state index is 12.0. The fraction of sp³-hybridized carbons (Fsp3) is 0.176. The maximum Gasteiger partial charge on any atom is 0.314 e. The molecule has 2 rings (SSSR count). The van der Waals surface area contributed by atoms with Crippen LogP contribution >= 0.6 is 0 Å². The van der Waals surface area contributed by atoms with Gasteiger partial charge in [-0.15, -0.1) is 0 Å². The molecule has 2 amide bonds. The Bertz CT molecular complexity index is 711. The molecule has 22 heavy (non-hydrogen) atoms. The number of hydrogen-bond acceptors (Lipinski definition) is 3. The second kappa shape index (κ2) is 6.76. The number of phenolic OH excluding ortho intramolecular Hbond substituents is 1. The third-order valence-corrected chi connectivity index (χ3v) is 3.29. The van der Waals surface area contributed by atoms with Crippen molar-refractivity contribution in [2.24, 2.45) is 0 Å². The Kier molecular flexibility index (Phi) is 4.78. The zero-order valence-electron chi connectivity index (χ0n) is 12.5. The van der Waals surface area contributed by atoms with Gasteiger partial charge in [0.25, 0.3) is 0 Å². The molecule has 5 heteroatoms. The molecule has 0 aromatic heterocycles. The minimum atomic E-state index is -0.782. The highest BCUT2D eigenvalue weighted by molar-refractivity contribution is 6.43. The van der Waals surface area contributed by atoms with Crippen LogP contribution < -0.4 is 10.6 Å². The van der Waals surface area contributed by atoms with Crippen molar-refractivity contribution < 1.29 is 14.7 Å². The first kappa shape index (κ1) is 15.6. The van der Waals surface area contributed by atoms with Crippen molar-refractivity contribution in [2.75, 3.05) is 10.6 Å². The molecule has 0 fully saturated rings. The minimum Gasteiger partial charge on any atom is -0.508 e. The lowest BCUT2D eigenvalue weighted by Gasteiger charge is -2.12. The number of phenols is 1. The van der Waals surface area contributed by atoms with Crippen molar-refractivity contribution in [1.29, 1.82) is 0 Å². The molecule has 2 aromatic carbocycles. The number of benzene rings is 2. The van der Waals surface area contributed by atoms with Gasteiger partial charge in [-0.1, -0.05) is 31.2 Å².